The zero-order valence-corrected chi connectivity index (χ0v) is 13.2. The van der Waals surface area contributed by atoms with E-state index in [2.05, 4.69) is 4.98 Å². The van der Waals surface area contributed by atoms with E-state index in [1.165, 1.54) is 0 Å². The highest BCUT2D eigenvalue weighted by atomic mass is 16.2. The summed E-state index contributed by atoms with van der Waals surface area (Å²) in [6.07, 6.45) is 1.79. The van der Waals surface area contributed by atoms with E-state index >= 15 is 0 Å². The van der Waals surface area contributed by atoms with Crippen LogP contribution in [0, 0.1) is 13.8 Å². The predicted octanol–water partition coefficient (Wildman–Crippen LogP) is 1.58. The van der Waals surface area contributed by atoms with Crippen molar-refractivity contribution in [3.05, 3.63) is 23.0 Å². The Hall–Kier alpha value is -1.62. The van der Waals surface area contributed by atoms with E-state index in [1.54, 1.807) is 6.20 Å². The van der Waals surface area contributed by atoms with Crippen molar-refractivity contribution in [1.29, 1.82) is 0 Å². The average molecular weight is 278 g/mol. The predicted molar refractivity (Wildman–Crippen MR) is 82.4 cm³/mol. The van der Waals surface area contributed by atoms with Crippen molar-refractivity contribution < 1.29 is 4.79 Å². The summed E-state index contributed by atoms with van der Waals surface area (Å²) in [6.45, 7) is 10.4. The molecule has 1 amide bonds. The van der Waals surface area contributed by atoms with Gasteiger partial charge in [0, 0.05) is 31.5 Å². The van der Waals surface area contributed by atoms with E-state index in [1.807, 2.05) is 44.5 Å². The maximum Gasteiger partial charge on any atom is 0.236 e. The first-order valence-electron chi connectivity index (χ1n) is 7.07. The van der Waals surface area contributed by atoms with Crippen molar-refractivity contribution >= 4 is 11.6 Å². The summed E-state index contributed by atoms with van der Waals surface area (Å²) in [5.74, 6) is 0.148. The molecule has 0 aromatic carbocycles. The van der Waals surface area contributed by atoms with Gasteiger partial charge in [-0.2, -0.15) is 0 Å². The van der Waals surface area contributed by atoms with Gasteiger partial charge in [-0.1, -0.05) is 0 Å². The summed E-state index contributed by atoms with van der Waals surface area (Å²) in [4.78, 5) is 20.3. The minimum absolute atomic E-state index is 0.148. The molecule has 0 radical (unpaired) electrons. The molecule has 1 aromatic rings. The van der Waals surface area contributed by atoms with E-state index in [4.69, 9.17) is 5.73 Å². The lowest BCUT2D eigenvalue weighted by Gasteiger charge is -2.23. The molecule has 0 aliphatic heterocycles. The van der Waals surface area contributed by atoms with Gasteiger partial charge in [-0.3, -0.25) is 14.7 Å². The van der Waals surface area contributed by atoms with Gasteiger partial charge < -0.3 is 10.6 Å². The van der Waals surface area contributed by atoms with Gasteiger partial charge in [0.05, 0.1) is 12.2 Å². The molecule has 0 aliphatic carbocycles. The SMILES string of the molecule is CCN(CC)C(=O)CN(C)Cc1ncc(C)c(N)c1C. The van der Waals surface area contributed by atoms with Gasteiger partial charge in [-0.15, -0.1) is 0 Å². The Morgan fingerprint density at radius 1 is 1.30 bits per heavy atom. The third kappa shape index (κ3) is 3.93. The fourth-order valence-electron chi connectivity index (χ4n) is 2.17. The molecule has 2 N–H and O–H groups in total. The molecule has 0 saturated carbocycles. The standard InChI is InChI=1S/C15H26N4O/c1-6-19(7-2)14(20)10-18(5)9-13-12(4)15(16)11(3)8-17-13/h8H,6-7,9-10H2,1-5H3,(H2,16,17). The molecule has 0 unspecified atom stereocenters. The second-order valence-corrected chi connectivity index (χ2v) is 5.16. The number of nitrogens with zero attached hydrogens (tertiary/aromatic N) is 3. The number of aryl methyl sites for hydroxylation is 1. The van der Waals surface area contributed by atoms with Crippen molar-refractivity contribution in [1.82, 2.24) is 14.8 Å². The van der Waals surface area contributed by atoms with Crippen LogP contribution in [-0.4, -0.2) is 47.4 Å². The number of nitrogens with two attached hydrogens (primary N) is 1. The molecule has 20 heavy (non-hydrogen) atoms. The third-order valence-electron chi connectivity index (χ3n) is 3.62. The van der Waals surface area contributed by atoms with Gasteiger partial charge in [0.25, 0.3) is 0 Å². The number of likely N-dealkylation sites (N-methyl/N-ethyl adjacent to an activating group) is 2. The molecule has 0 bridgehead atoms. The quantitative estimate of drug-likeness (QED) is 0.858. The number of carbonyl (C=O) groups is 1. The van der Waals surface area contributed by atoms with Crippen LogP contribution in [0.4, 0.5) is 5.69 Å². The molecule has 112 valence electrons. The van der Waals surface area contributed by atoms with Crippen LogP contribution >= 0.6 is 0 Å². The summed E-state index contributed by atoms with van der Waals surface area (Å²) in [5.41, 5.74) is 9.74. The summed E-state index contributed by atoms with van der Waals surface area (Å²) in [5, 5.41) is 0. The van der Waals surface area contributed by atoms with Crippen LogP contribution in [0.25, 0.3) is 0 Å². The molecule has 0 saturated heterocycles. The normalized spacial score (nSPS) is 10.9. The van der Waals surface area contributed by atoms with E-state index in [0.29, 0.717) is 13.1 Å². The molecule has 0 spiro atoms. The first-order valence-corrected chi connectivity index (χ1v) is 7.07. The molecule has 0 aliphatic rings. The number of carbonyl (C=O) groups excluding carboxylic acids is 1. The monoisotopic (exact) mass is 278 g/mol. The minimum Gasteiger partial charge on any atom is -0.398 e. The first-order chi connectivity index (χ1) is 9.40. The Balaban J connectivity index is 2.70. The highest BCUT2D eigenvalue weighted by molar-refractivity contribution is 5.78. The highest BCUT2D eigenvalue weighted by Gasteiger charge is 2.14. The Kier molecular flexibility index (Phi) is 5.95. The van der Waals surface area contributed by atoms with Gasteiger partial charge >= 0.3 is 0 Å². The number of aromatic nitrogens is 1. The van der Waals surface area contributed by atoms with Crippen molar-refractivity contribution in [2.75, 3.05) is 32.4 Å². The van der Waals surface area contributed by atoms with Gasteiger partial charge in [0.2, 0.25) is 5.91 Å². The summed E-state index contributed by atoms with van der Waals surface area (Å²) in [7, 11) is 1.93. The molecule has 0 fully saturated rings. The smallest absolute Gasteiger partial charge is 0.236 e. The average Bonchev–Trinajstić information content (AvgIpc) is 2.41. The minimum atomic E-state index is 0.148. The molecule has 1 aromatic heterocycles. The summed E-state index contributed by atoms with van der Waals surface area (Å²) in [6, 6.07) is 0. The lowest BCUT2D eigenvalue weighted by molar-refractivity contribution is -0.131. The maximum atomic E-state index is 12.1. The Bertz CT molecular complexity index is 469. The van der Waals surface area contributed by atoms with Crippen LogP contribution in [-0.2, 0) is 11.3 Å². The molecular formula is C15H26N4O. The largest absolute Gasteiger partial charge is 0.398 e. The number of pyridine rings is 1. The van der Waals surface area contributed by atoms with Crippen LogP contribution in [0.15, 0.2) is 6.20 Å². The number of nitrogen functional groups attached to an aromatic ring is 1. The zero-order chi connectivity index (χ0) is 15.3. The Labute approximate surface area is 121 Å². The zero-order valence-electron chi connectivity index (χ0n) is 13.2. The van der Waals surface area contributed by atoms with Gasteiger partial charge in [-0.25, -0.2) is 0 Å². The van der Waals surface area contributed by atoms with Crippen LogP contribution in [0.1, 0.15) is 30.7 Å². The fourth-order valence-corrected chi connectivity index (χ4v) is 2.17. The van der Waals surface area contributed by atoms with E-state index in [0.717, 1.165) is 35.6 Å². The molecule has 1 rings (SSSR count). The molecule has 0 atom stereocenters. The topological polar surface area (TPSA) is 62.5 Å². The third-order valence-corrected chi connectivity index (χ3v) is 3.62. The highest BCUT2D eigenvalue weighted by Crippen LogP contribution is 2.18. The van der Waals surface area contributed by atoms with Crippen molar-refractivity contribution in [2.24, 2.45) is 0 Å². The number of hydrogen-bond acceptors (Lipinski definition) is 4. The summed E-state index contributed by atoms with van der Waals surface area (Å²) < 4.78 is 0. The van der Waals surface area contributed by atoms with Gasteiger partial charge in [0.15, 0.2) is 0 Å². The lowest BCUT2D eigenvalue weighted by atomic mass is 10.1. The van der Waals surface area contributed by atoms with E-state index in [-0.39, 0.29) is 5.91 Å². The van der Waals surface area contributed by atoms with Crippen molar-refractivity contribution in [3.63, 3.8) is 0 Å². The van der Waals surface area contributed by atoms with Crippen LogP contribution in [0.5, 0.6) is 0 Å². The second kappa shape index (κ2) is 7.24. The van der Waals surface area contributed by atoms with Crippen LogP contribution in [0.3, 0.4) is 0 Å². The maximum absolute atomic E-state index is 12.1. The van der Waals surface area contributed by atoms with Crippen molar-refractivity contribution in [2.45, 2.75) is 34.2 Å². The molecule has 5 heteroatoms. The number of rotatable bonds is 6. The molecular weight excluding hydrogens is 252 g/mol. The lowest BCUT2D eigenvalue weighted by Crippen LogP contribution is -2.38. The van der Waals surface area contributed by atoms with Gasteiger partial charge in [-0.05, 0) is 45.9 Å². The molecule has 5 nitrogen and oxygen atoms in total. The molecule has 1 heterocycles. The van der Waals surface area contributed by atoms with Crippen LogP contribution in [0.2, 0.25) is 0 Å². The summed E-state index contributed by atoms with van der Waals surface area (Å²) >= 11 is 0. The van der Waals surface area contributed by atoms with Crippen molar-refractivity contribution in [3.8, 4) is 0 Å². The first kappa shape index (κ1) is 16.4. The van der Waals surface area contributed by atoms with E-state index in [9.17, 15) is 4.79 Å². The second-order valence-electron chi connectivity index (χ2n) is 5.16. The number of anilines is 1. The van der Waals surface area contributed by atoms with Gasteiger partial charge in [0.1, 0.15) is 0 Å². The number of amides is 1. The Morgan fingerprint density at radius 3 is 2.45 bits per heavy atom. The van der Waals surface area contributed by atoms with Crippen LogP contribution < -0.4 is 5.73 Å². The fraction of sp³-hybridized carbons (Fsp3) is 0.600. The number of hydrogen-bond donors (Lipinski definition) is 1. The Morgan fingerprint density at radius 2 is 1.90 bits per heavy atom. The van der Waals surface area contributed by atoms with E-state index < -0.39 is 0 Å².